The van der Waals surface area contributed by atoms with Crippen LogP contribution in [0.25, 0.3) is 0 Å². The Bertz CT molecular complexity index is 185. The average Bonchev–Trinajstić information content (AvgIpc) is 2.13. The van der Waals surface area contributed by atoms with Crippen LogP contribution >= 0.6 is 0 Å². The van der Waals surface area contributed by atoms with Crippen molar-refractivity contribution < 1.29 is 14.5 Å². The van der Waals surface area contributed by atoms with E-state index in [1.165, 1.54) is 0 Å². The van der Waals surface area contributed by atoms with Gasteiger partial charge >= 0.3 is 12.0 Å². The van der Waals surface area contributed by atoms with Crippen molar-refractivity contribution in [3.8, 4) is 0 Å². The molecule has 0 aromatic heterocycles. The summed E-state index contributed by atoms with van der Waals surface area (Å²) in [5, 5.41) is 9.87. The van der Waals surface area contributed by atoms with Crippen LogP contribution in [0.5, 0.6) is 0 Å². The van der Waals surface area contributed by atoms with Crippen LogP contribution in [-0.2, 0) is 9.53 Å². The maximum absolute atomic E-state index is 10.3. The van der Waals surface area contributed by atoms with Crippen molar-refractivity contribution in [2.45, 2.75) is 6.04 Å². The lowest BCUT2D eigenvalue weighted by molar-refractivity contribution is -0.495. The molecule has 9 heavy (non-hydrogen) atoms. The number of hydrogen-bond acceptors (Lipinski definition) is 4. The van der Waals surface area contributed by atoms with Crippen LogP contribution in [0.4, 0.5) is 0 Å². The first-order valence-corrected chi connectivity index (χ1v) is 2.22. The second-order valence-electron chi connectivity index (χ2n) is 1.50. The Morgan fingerprint density at radius 3 is 2.67 bits per heavy atom. The third-order valence-corrected chi connectivity index (χ3v) is 0.914. The molecule has 0 aromatic rings. The van der Waals surface area contributed by atoms with Crippen LogP contribution < -0.4 is 0 Å². The number of ether oxygens (including phenoxy) is 1. The van der Waals surface area contributed by atoms with Gasteiger partial charge in [-0.3, -0.25) is 10.1 Å². The highest BCUT2D eigenvalue weighted by atomic mass is 16.6. The molecule has 0 saturated heterocycles. The summed E-state index contributed by atoms with van der Waals surface area (Å²) in [5.41, 5.74) is 0. The Morgan fingerprint density at radius 2 is 2.44 bits per heavy atom. The predicted octanol–water partition coefficient (Wildman–Crippen LogP) is -0.298. The molecule has 5 heteroatoms. The zero-order valence-electron chi connectivity index (χ0n) is 4.31. The van der Waals surface area contributed by atoms with Crippen LogP contribution in [0.3, 0.4) is 0 Å². The molecule has 0 spiro atoms. The van der Waals surface area contributed by atoms with Crippen LogP contribution in [0.1, 0.15) is 0 Å². The Kier molecular flexibility index (Phi) is 1.18. The van der Waals surface area contributed by atoms with Gasteiger partial charge in [-0.15, -0.1) is 0 Å². The molecule has 1 aliphatic rings. The van der Waals surface area contributed by atoms with Gasteiger partial charge in [0.25, 0.3) is 0 Å². The molecule has 0 fully saturated rings. The molecule has 0 bridgehead atoms. The molecule has 0 aliphatic carbocycles. The normalized spacial score (nSPS) is 24.0. The Balaban J connectivity index is 2.71. The average molecular weight is 129 g/mol. The van der Waals surface area contributed by atoms with E-state index in [0.29, 0.717) is 0 Å². The minimum Gasteiger partial charge on any atom is -0.429 e. The van der Waals surface area contributed by atoms with Crippen LogP contribution in [-0.4, -0.2) is 16.9 Å². The minimum atomic E-state index is -1.29. The maximum atomic E-state index is 10.3. The molecule has 0 radical (unpaired) electrons. The smallest absolute Gasteiger partial charge is 0.390 e. The second-order valence-corrected chi connectivity index (χ2v) is 1.50. The van der Waals surface area contributed by atoms with E-state index >= 15 is 0 Å². The quantitative estimate of drug-likeness (QED) is 0.277. The molecule has 48 valence electrons. The standard InChI is InChI=1S/C4H3NO4/c6-4-3(5(7)8)1-2-9-4/h1-3H. The summed E-state index contributed by atoms with van der Waals surface area (Å²) in [6.07, 6.45) is 2.12. The molecule has 1 heterocycles. The minimum absolute atomic E-state index is 0.703. The number of nitrogens with zero attached hydrogens (tertiary/aromatic N) is 1. The van der Waals surface area contributed by atoms with Crippen molar-refractivity contribution >= 4 is 5.97 Å². The summed E-state index contributed by atoms with van der Waals surface area (Å²) in [6.45, 7) is 0. The van der Waals surface area contributed by atoms with Gasteiger partial charge in [-0.2, -0.15) is 0 Å². The van der Waals surface area contributed by atoms with E-state index in [1.807, 2.05) is 0 Å². The Morgan fingerprint density at radius 1 is 1.78 bits per heavy atom. The zero-order chi connectivity index (χ0) is 6.85. The highest BCUT2D eigenvalue weighted by Gasteiger charge is 2.32. The van der Waals surface area contributed by atoms with E-state index in [9.17, 15) is 14.9 Å². The fourth-order valence-electron chi connectivity index (χ4n) is 0.485. The first-order valence-electron chi connectivity index (χ1n) is 2.22. The topological polar surface area (TPSA) is 69.4 Å². The number of hydrogen-bond donors (Lipinski definition) is 0. The summed E-state index contributed by atoms with van der Waals surface area (Å²) < 4.78 is 4.17. The highest BCUT2D eigenvalue weighted by Crippen LogP contribution is 2.03. The van der Waals surface area contributed by atoms with Crippen molar-refractivity contribution in [1.29, 1.82) is 0 Å². The first kappa shape index (κ1) is 5.74. The Hall–Kier alpha value is -1.39. The Labute approximate surface area is 50.1 Å². The molecule has 1 rings (SSSR count). The third kappa shape index (κ3) is 0.883. The van der Waals surface area contributed by atoms with Gasteiger partial charge < -0.3 is 4.74 Å². The van der Waals surface area contributed by atoms with Gasteiger partial charge in [-0.05, 0) is 0 Å². The fourth-order valence-corrected chi connectivity index (χ4v) is 0.485. The monoisotopic (exact) mass is 129 g/mol. The molecule has 1 unspecified atom stereocenters. The highest BCUT2D eigenvalue weighted by molar-refractivity contribution is 5.79. The second kappa shape index (κ2) is 1.85. The van der Waals surface area contributed by atoms with Gasteiger partial charge in [0.05, 0.1) is 6.26 Å². The lowest BCUT2D eigenvalue weighted by Gasteiger charge is -1.91. The van der Waals surface area contributed by atoms with Crippen molar-refractivity contribution in [2.75, 3.05) is 0 Å². The molecule has 0 amide bonds. The van der Waals surface area contributed by atoms with Gasteiger partial charge in [-0.25, -0.2) is 4.79 Å². The van der Waals surface area contributed by atoms with E-state index < -0.39 is 16.9 Å². The number of esters is 1. The number of rotatable bonds is 1. The summed E-state index contributed by atoms with van der Waals surface area (Å²) in [7, 11) is 0. The summed E-state index contributed by atoms with van der Waals surface area (Å²) in [6, 6.07) is -1.29. The fraction of sp³-hybridized carbons (Fsp3) is 0.250. The van der Waals surface area contributed by atoms with Gasteiger partial charge in [0, 0.05) is 11.0 Å². The number of nitro groups is 1. The lowest BCUT2D eigenvalue weighted by Crippen LogP contribution is -2.23. The summed E-state index contributed by atoms with van der Waals surface area (Å²) in [4.78, 5) is 19.5. The molecule has 1 aliphatic heterocycles. The predicted molar refractivity (Wildman–Crippen MR) is 26.0 cm³/mol. The van der Waals surface area contributed by atoms with E-state index in [-0.39, 0.29) is 0 Å². The molecule has 0 N–H and O–H groups in total. The number of cyclic esters (lactones) is 1. The van der Waals surface area contributed by atoms with E-state index in [0.717, 1.165) is 12.3 Å². The molecular weight excluding hydrogens is 126 g/mol. The third-order valence-electron chi connectivity index (χ3n) is 0.914. The van der Waals surface area contributed by atoms with Crippen molar-refractivity contribution in [3.63, 3.8) is 0 Å². The number of carbonyl (C=O) groups is 1. The molecule has 5 nitrogen and oxygen atoms in total. The molecule has 0 saturated carbocycles. The van der Waals surface area contributed by atoms with Crippen LogP contribution in [0, 0.1) is 10.1 Å². The molecule has 0 aromatic carbocycles. The summed E-state index contributed by atoms with van der Waals surface area (Å²) >= 11 is 0. The van der Waals surface area contributed by atoms with Gasteiger partial charge in [-0.1, -0.05) is 0 Å². The van der Waals surface area contributed by atoms with Crippen molar-refractivity contribution in [1.82, 2.24) is 0 Å². The number of carbonyl (C=O) groups excluding carboxylic acids is 1. The lowest BCUT2D eigenvalue weighted by atomic mass is 10.3. The van der Waals surface area contributed by atoms with Gasteiger partial charge in [0.2, 0.25) is 0 Å². The van der Waals surface area contributed by atoms with Gasteiger partial charge in [0.1, 0.15) is 0 Å². The zero-order valence-corrected chi connectivity index (χ0v) is 4.31. The summed E-state index contributed by atoms with van der Waals surface area (Å²) in [5.74, 6) is -0.819. The largest absolute Gasteiger partial charge is 0.429 e. The van der Waals surface area contributed by atoms with E-state index in [2.05, 4.69) is 4.74 Å². The van der Waals surface area contributed by atoms with Crippen LogP contribution in [0.2, 0.25) is 0 Å². The first-order chi connectivity index (χ1) is 4.22. The molecular formula is C4H3NO4. The maximum Gasteiger partial charge on any atom is 0.390 e. The SMILES string of the molecule is O=C1OC=CC1[N+](=O)[O-]. The van der Waals surface area contributed by atoms with E-state index in [1.54, 1.807) is 0 Å². The molecule has 1 atom stereocenters. The van der Waals surface area contributed by atoms with Crippen molar-refractivity contribution in [2.24, 2.45) is 0 Å². The van der Waals surface area contributed by atoms with Gasteiger partial charge in [0.15, 0.2) is 0 Å². The van der Waals surface area contributed by atoms with Crippen LogP contribution in [0.15, 0.2) is 12.3 Å². The van der Waals surface area contributed by atoms with Crippen molar-refractivity contribution in [3.05, 3.63) is 22.5 Å². The van der Waals surface area contributed by atoms with E-state index in [4.69, 9.17) is 0 Å².